The first-order chi connectivity index (χ1) is 49.1. The molecule has 7 heterocycles. The smallest absolute Gasteiger partial charge is 0.0968 e. The summed E-state index contributed by atoms with van der Waals surface area (Å²) in [7, 11) is 34.5. The summed E-state index contributed by atoms with van der Waals surface area (Å²) in [5, 5.41) is 60.0. The summed E-state index contributed by atoms with van der Waals surface area (Å²) in [5.41, 5.74) is 5.32. The summed E-state index contributed by atoms with van der Waals surface area (Å²) in [5.74, 6) is -0.212. The third-order valence-corrected chi connectivity index (χ3v) is 16.6. The van der Waals surface area contributed by atoms with Gasteiger partial charge in [-0.3, -0.25) is 9.45 Å². The van der Waals surface area contributed by atoms with Crippen molar-refractivity contribution in [1.82, 2.24) is 115 Å². The van der Waals surface area contributed by atoms with E-state index in [0.29, 0.717) is 50.8 Å². The zero-order valence-corrected chi connectivity index (χ0v) is 68.9. The first-order valence-corrected chi connectivity index (χ1v) is 48.7. The van der Waals surface area contributed by atoms with Gasteiger partial charge in [0, 0.05) is 269 Å². The molecule has 0 spiro atoms. The molecular formula is C60H111Cl8F3Mn4N22O3S. The molecular weight excluding hydrogens is 1670 g/mol. The van der Waals surface area contributed by atoms with Gasteiger partial charge in [0.2, 0.25) is 0 Å². The summed E-state index contributed by atoms with van der Waals surface area (Å²) >= 11 is 0.0278. The maximum Gasteiger partial charge on any atom is 0.0968 e. The molecule has 19 N–H and O–H groups in total. The summed E-state index contributed by atoms with van der Waals surface area (Å²) in [6, 6.07) is 13.8. The van der Waals surface area contributed by atoms with Crippen LogP contribution >= 0.6 is 80.8 Å². The molecule has 1 aromatic carbocycles. The molecule has 0 radical (unpaired) electrons. The van der Waals surface area contributed by atoms with Crippen molar-refractivity contribution in [2.24, 2.45) is 0 Å². The second-order valence-corrected chi connectivity index (χ2v) is 32.8. The Balaban J connectivity index is 0.000000435. The van der Waals surface area contributed by atoms with Crippen molar-refractivity contribution >= 4 is 113 Å². The number of imidazole rings is 1. The number of benzene rings is 1. The van der Waals surface area contributed by atoms with E-state index in [1.807, 2.05) is 11.1 Å². The van der Waals surface area contributed by atoms with Gasteiger partial charge in [-0.1, -0.05) is 37.1 Å². The van der Waals surface area contributed by atoms with E-state index in [2.05, 4.69) is 137 Å². The van der Waals surface area contributed by atoms with Crippen LogP contribution < -0.4 is 90.4 Å². The molecule has 41 heteroatoms. The van der Waals surface area contributed by atoms with Crippen LogP contribution in [0.5, 0.6) is 0 Å². The molecule has 5 aliphatic rings. The molecule has 3 aromatic heterocycles. The number of halogens is 11. The zero-order chi connectivity index (χ0) is 73.5. The molecule has 1 aliphatic carbocycles. The number of nitrogens with one attached hydrogen (secondary N) is 18. The van der Waals surface area contributed by atoms with Crippen LogP contribution in [0.15, 0.2) is 48.9 Å². The van der Waals surface area contributed by atoms with Gasteiger partial charge < -0.3 is 95.4 Å². The predicted octanol–water partition coefficient (Wildman–Crippen LogP) is 3.48. The van der Waals surface area contributed by atoms with Crippen LogP contribution in [-0.2, 0) is 82.2 Å². The number of nitrogens with zero attached hydrogens (tertiary/aromatic N) is 4. The SMILES string of the molecule is FC(F)(F)CC1CNCCNCCNCCNCCN1.O=S(=O)(O)CCN1CCNCCNCCNCCNCC1.[Cl][Mn][Cl].[Cl][Mn][Cl].[Cl][Mn][Cl].[Cl][Mn][Cl].c1cc2ccc3ccc4nc3c2nc1CNCCNCCNC4.c1ncc(C[C@@H]2CN[C@@H]3CCCC[C@H]3NCCNCCNCCN2)[nH]1. The van der Waals surface area contributed by atoms with Crippen LogP contribution in [0.25, 0.3) is 21.8 Å². The van der Waals surface area contributed by atoms with Crippen molar-refractivity contribution in [3.8, 4) is 0 Å². The Hall–Kier alpha value is 0.628. The van der Waals surface area contributed by atoms with Gasteiger partial charge in [-0.2, -0.15) is 21.6 Å². The second kappa shape index (κ2) is 67.5. The molecule has 25 nitrogen and oxygen atoms in total. The standard InChI is InChI=1S/C18H35N7.C18H21N5.C12H26F3N5.C12H29N5O3S.8ClH.4Mn/c1-2-4-18-17(3-1)23-10-8-20-6-5-19-7-9-22-16(13-24-18)11-15-12-21-14-25-15;1-2-14-4-6-16-12-21-10-8-19-7-9-20-11-15-5-3-13(1)17(22-15)18(14)23-16;13-12(14,15)9-11-10-19-6-5-17-2-1-16-3-4-18-7-8-20-11;18-21(19,20)12-11-17-9-7-15-5-3-13-1-2-14-4-6-16-8-10-17;;;;;;;;;;;;/h12,14,16-20,22-24H,1-11,13H2,(H,21,25);1-6,19-21H,7-12H2;11,16-20H,1-10H2;13-16H,1-12H2,(H,18,19,20);8*1H;;;;/q;;;;;;;;;;;;4*+2/p-8/t16-,17-,18-;;;;;;;;;;;;;;;/m1.............../s1. The van der Waals surface area contributed by atoms with Crippen LogP contribution in [0.3, 0.4) is 0 Å². The molecule has 3 saturated heterocycles. The normalized spacial score (nSPS) is 21.9. The number of hydrogen-bond acceptors (Lipinski definition) is 23. The minimum Gasteiger partial charge on any atom is -0.348 e. The molecule has 0 amide bonds. The summed E-state index contributed by atoms with van der Waals surface area (Å²) in [6.07, 6.45) is 5.03. The Labute approximate surface area is 657 Å². The van der Waals surface area contributed by atoms with Crippen LogP contribution in [0, 0.1) is 0 Å². The third-order valence-electron chi connectivity index (χ3n) is 15.9. The maximum absolute atomic E-state index is 12.5. The number of aromatic amines is 1. The number of H-pyrrole nitrogens is 1. The molecule has 1 saturated carbocycles. The van der Waals surface area contributed by atoms with Gasteiger partial charge in [0.15, 0.2) is 0 Å². The van der Waals surface area contributed by atoms with E-state index in [1.165, 1.54) is 31.4 Å². The summed E-state index contributed by atoms with van der Waals surface area (Å²) in [4.78, 5) is 19.1. The Morgan fingerprint density at radius 1 is 0.465 bits per heavy atom. The molecule has 590 valence electrons. The van der Waals surface area contributed by atoms with Gasteiger partial charge in [0.05, 0.1) is 40.9 Å². The predicted molar refractivity (Wildman–Crippen MR) is 400 cm³/mol. The maximum atomic E-state index is 12.5. The van der Waals surface area contributed by atoms with Crippen LogP contribution in [-0.4, -0.2) is 277 Å². The van der Waals surface area contributed by atoms with Gasteiger partial charge in [-0.05, 0) is 25.0 Å². The van der Waals surface area contributed by atoms with Crippen LogP contribution in [0.4, 0.5) is 13.2 Å². The fourth-order valence-corrected chi connectivity index (χ4v) is 11.5. The molecule has 4 atom stereocenters. The van der Waals surface area contributed by atoms with E-state index in [0.717, 1.165) is 223 Å². The van der Waals surface area contributed by atoms with Crippen LogP contribution in [0.2, 0.25) is 0 Å². The van der Waals surface area contributed by atoms with E-state index < -0.39 is 28.8 Å². The van der Waals surface area contributed by atoms with E-state index in [1.54, 1.807) is 6.33 Å². The van der Waals surface area contributed by atoms with Crippen molar-refractivity contribution in [1.29, 1.82) is 0 Å². The number of aromatic nitrogens is 4. The quantitative estimate of drug-likeness (QED) is 0.0747. The third kappa shape index (κ3) is 55.6. The molecule has 4 bridgehead atoms. The van der Waals surface area contributed by atoms with E-state index >= 15 is 0 Å². The topological polar surface area (TPSA) is 317 Å². The van der Waals surface area contributed by atoms with Crippen molar-refractivity contribution < 1.29 is 78.7 Å². The van der Waals surface area contributed by atoms with E-state index in [9.17, 15) is 21.6 Å². The Morgan fingerprint density at radius 2 is 0.822 bits per heavy atom. The van der Waals surface area contributed by atoms with Gasteiger partial charge >= 0.3 is 139 Å². The Bertz CT molecular complexity index is 2560. The molecule has 9 rings (SSSR count). The van der Waals surface area contributed by atoms with Gasteiger partial charge in [0.1, 0.15) is 0 Å². The number of hydrogen-bond donors (Lipinski definition) is 19. The zero-order valence-electron chi connectivity index (χ0n) is 57.3. The van der Waals surface area contributed by atoms with Gasteiger partial charge in [-0.15, -0.1) is 0 Å². The fourth-order valence-electron chi connectivity index (χ4n) is 11.0. The number of alkyl halides is 3. The number of fused-ring (bicyclic) bond motifs is 3. The van der Waals surface area contributed by atoms with Gasteiger partial charge in [0.25, 0.3) is 10.1 Å². The molecule has 1 unspecified atom stereocenters. The summed E-state index contributed by atoms with van der Waals surface area (Å²) in [6.45, 7) is 28.1. The summed E-state index contributed by atoms with van der Waals surface area (Å²) < 4.78 is 68.0. The fraction of sp³-hybridized carbons (Fsp3) is 0.750. The Morgan fingerprint density at radius 3 is 1.22 bits per heavy atom. The van der Waals surface area contributed by atoms with Crippen molar-refractivity contribution in [2.75, 3.05) is 209 Å². The first kappa shape index (κ1) is 97.7. The van der Waals surface area contributed by atoms with E-state index in [4.69, 9.17) is 95.3 Å². The van der Waals surface area contributed by atoms with Crippen molar-refractivity contribution in [2.45, 2.75) is 82.0 Å². The average molecular weight is 1780 g/mol. The molecule has 101 heavy (non-hydrogen) atoms. The van der Waals surface area contributed by atoms with Crippen molar-refractivity contribution in [3.05, 3.63) is 66.0 Å². The minimum absolute atomic E-state index is 0.00694. The Kier molecular flexibility index (Phi) is 65.3. The molecule has 4 fully saturated rings. The molecule has 4 aliphatic heterocycles. The van der Waals surface area contributed by atoms with E-state index in [-0.39, 0.29) is 58.3 Å². The number of rotatable bonds is 6. The first-order valence-electron chi connectivity index (χ1n) is 34.1. The number of pyridine rings is 2. The molecule has 4 aromatic rings. The van der Waals surface area contributed by atoms with Crippen LogP contribution in [0.1, 0.15) is 49.2 Å². The monoisotopic (exact) mass is 1780 g/mol. The largest absolute Gasteiger partial charge is 0.348 e. The van der Waals surface area contributed by atoms with Gasteiger partial charge in [-0.25, -0.2) is 15.0 Å². The average Bonchev–Trinajstić information content (AvgIpc) is 0.845. The second-order valence-electron chi connectivity index (χ2n) is 23.5. The van der Waals surface area contributed by atoms with Crippen molar-refractivity contribution in [3.63, 3.8) is 0 Å². The minimum atomic E-state index is -4.13.